The molecule has 0 spiro atoms. The summed E-state index contributed by atoms with van der Waals surface area (Å²) in [5.41, 5.74) is 0.631. The van der Waals surface area contributed by atoms with Crippen LogP contribution in [0.5, 0.6) is 5.75 Å². The Morgan fingerprint density at radius 3 is 2.80 bits per heavy atom. The summed E-state index contributed by atoms with van der Waals surface area (Å²) >= 11 is 0. The van der Waals surface area contributed by atoms with Gasteiger partial charge in [-0.25, -0.2) is 0 Å². The van der Waals surface area contributed by atoms with Crippen LogP contribution in [0.3, 0.4) is 0 Å². The van der Waals surface area contributed by atoms with Crippen molar-refractivity contribution in [3.05, 3.63) is 42.0 Å². The van der Waals surface area contributed by atoms with Gasteiger partial charge in [0, 0.05) is 0 Å². The van der Waals surface area contributed by atoms with Crippen LogP contribution in [0.15, 0.2) is 36.4 Å². The molecule has 0 saturated carbocycles. The zero-order valence-corrected chi connectivity index (χ0v) is 8.99. The van der Waals surface area contributed by atoms with Gasteiger partial charge in [0.25, 0.3) is 0 Å². The van der Waals surface area contributed by atoms with E-state index in [0.717, 1.165) is 17.7 Å². The van der Waals surface area contributed by atoms with Crippen LogP contribution < -0.4 is 4.74 Å². The van der Waals surface area contributed by atoms with E-state index in [9.17, 15) is 4.79 Å². The first kappa shape index (κ1) is 9.97. The molecular weight excluding hydrogens is 188 g/mol. The number of methoxy groups -OCH3 is 1. The molecule has 78 valence electrons. The second-order valence-corrected chi connectivity index (χ2v) is 4.03. The lowest BCUT2D eigenvalue weighted by molar-refractivity contribution is -0.118. The van der Waals surface area contributed by atoms with Gasteiger partial charge in [0.15, 0.2) is 5.78 Å². The number of ether oxygens (including phenoxy) is 1. The molecular formula is C13H14O2. The van der Waals surface area contributed by atoms with E-state index in [1.807, 2.05) is 37.3 Å². The molecule has 2 rings (SSSR count). The van der Waals surface area contributed by atoms with Gasteiger partial charge in [-0.3, -0.25) is 4.79 Å². The molecule has 1 aromatic carbocycles. The molecule has 1 aliphatic rings. The van der Waals surface area contributed by atoms with E-state index >= 15 is 0 Å². The fraction of sp³-hybridized carbons (Fsp3) is 0.308. The first-order chi connectivity index (χ1) is 7.16. The van der Waals surface area contributed by atoms with Crippen molar-refractivity contribution in [2.45, 2.75) is 18.8 Å². The molecule has 0 saturated heterocycles. The van der Waals surface area contributed by atoms with Gasteiger partial charge < -0.3 is 4.74 Å². The number of carbonyl (C=O) groups excluding carboxylic acids is 1. The summed E-state index contributed by atoms with van der Waals surface area (Å²) in [4.78, 5) is 11.8. The quantitative estimate of drug-likeness (QED) is 0.736. The Labute approximate surface area is 89.6 Å². The molecule has 1 aliphatic carbocycles. The number of rotatable bonds is 2. The van der Waals surface area contributed by atoms with Gasteiger partial charge in [-0.1, -0.05) is 18.2 Å². The Hall–Kier alpha value is -1.57. The van der Waals surface area contributed by atoms with Gasteiger partial charge in [-0.05, 0) is 37.1 Å². The minimum absolute atomic E-state index is 0.177. The molecule has 0 fully saturated rings. The predicted molar refractivity (Wildman–Crippen MR) is 59.1 cm³/mol. The van der Waals surface area contributed by atoms with Crippen molar-refractivity contribution in [1.29, 1.82) is 0 Å². The summed E-state index contributed by atoms with van der Waals surface area (Å²) in [5.74, 6) is 0.976. The third-order valence-electron chi connectivity index (χ3n) is 3.05. The van der Waals surface area contributed by atoms with E-state index in [1.54, 1.807) is 13.2 Å². The number of carbonyl (C=O) groups is 1. The Morgan fingerprint density at radius 2 is 2.20 bits per heavy atom. The SMILES string of the molecule is COc1cccc([C@@]2(C)CC=CC2=O)c1. The van der Waals surface area contributed by atoms with E-state index in [0.29, 0.717) is 0 Å². The molecule has 0 aliphatic heterocycles. The molecule has 1 aromatic rings. The molecule has 0 N–H and O–H groups in total. The summed E-state index contributed by atoms with van der Waals surface area (Å²) in [6.07, 6.45) is 4.38. The van der Waals surface area contributed by atoms with Crippen LogP contribution in [0.1, 0.15) is 18.9 Å². The van der Waals surface area contributed by atoms with Gasteiger partial charge in [0.05, 0.1) is 12.5 Å². The molecule has 2 nitrogen and oxygen atoms in total. The average Bonchev–Trinajstić information content (AvgIpc) is 2.61. The van der Waals surface area contributed by atoms with Crippen LogP contribution in [0, 0.1) is 0 Å². The van der Waals surface area contributed by atoms with E-state index < -0.39 is 5.41 Å². The zero-order chi connectivity index (χ0) is 10.9. The third kappa shape index (κ3) is 1.56. The molecule has 0 radical (unpaired) electrons. The number of hydrogen-bond donors (Lipinski definition) is 0. The maximum absolute atomic E-state index is 11.8. The monoisotopic (exact) mass is 202 g/mol. The summed E-state index contributed by atoms with van der Waals surface area (Å²) in [6, 6.07) is 7.73. The largest absolute Gasteiger partial charge is 0.497 e. The summed E-state index contributed by atoms with van der Waals surface area (Å²) in [5, 5.41) is 0. The topological polar surface area (TPSA) is 26.3 Å². The van der Waals surface area contributed by atoms with Crippen LogP contribution in [-0.2, 0) is 10.2 Å². The van der Waals surface area contributed by atoms with Crippen LogP contribution in [-0.4, -0.2) is 12.9 Å². The van der Waals surface area contributed by atoms with Crippen LogP contribution in [0.2, 0.25) is 0 Å². The lowest BCUT2D eigenvalue weighted by Gasteiger charge is -2.22. The Balaban J connectivity index is 2.41. The van der Waals surface area contributed by atoms with E-state index in [2.05, 4.69) is 0 Å². The molecule has 0 aromatic heterocycles. The summed E-state index contributed by atoms with van der Waals surface area (Å²) in [7, 11) is 1.64. The van der Waals surface area contributed by atoms with Crippen molar-refractivity contribution in [2.24, 2.45) is 0 Å². The average molecular weight is 202 g/mol. The fourth-order valence-corrected chi connectivity index (χ4v) is 1.91. The normalized spacial score (nSPS) is 24.5. The molecule has 2 heteroatoms. The van der Waals surface area contributed by atoms with Crippen LogP contribution in [0.25, 0.3) is 0 Å². The van der Waals surface area contributed by atoms with E-state index in [4.69, 9.17) is 4.74 Å². The molecule has 15 heavy (non-hydrogen) atoms. The van der Waals surface area contributed by atoms with E-state index in [-0.39, 0.29) is 5.78 Å². The van der Waals surface area contributed by atoms with Crippen molar-refractivity contribution in [1.82, 2.24) is 0 Å². The summed E-state index contributed by atoms with van der Waals surface area (Å²) < 4.78 is 5.16. The molecule has 0 bridgehead atoms. The lowest BCUT2D eigenvalue weighted by atomic mass is 9.79. The highest BCUT2D eigenvalue weighted by atomic mass is 16.5. The van der Waals surface area contributed by atoms with E-state index in [1.165, 1.54) is 0 Å². The van der Waals surface area contributed by atoms with Gasteiger partial charge in [-0.2, -0.15) is 0 Å². The number of benzene rings is 1. The minimum atomic E-state index is -0.394. The maximum Gasteiger partial charge on any atom is 0.165 e. The number of hydrogen-bond acceptors (Lipinski definition) is 2. The van der Waals surface area contributed by atoms with Crippen molar-refractivity contribution >= 4 is 5.78 Å². The maximum atomic E-state index is 11.8. The van der Waals surface area contributed by atoms with Gasteiger partial charge in [0.1, 0.15) is 5.75 Å². The highest BCUT2D eigenvalue weighted by molar-refractivity contribution is 6.01. The lowest BCUT2D eigenvalue weighted by Crippen LogP contribution is -2.27. The highest BCUT2D eigenvalue weighted by Gasteiger charge is 2.35. The Bertz CT molecular complexity index is 420. The molecule has 1 atom stereocenters. The van der Waals surface area contributed by atoms with Gasteiger partial charge in [-0.15, -0.1) is 0 Å². The first-order valence-electron chi connectivity index (χ1n) is 5.02. The third-order valence-corrected chi connectivity index (χ3v) is 3.05. The van der Waals surface area contributed by atoms with Gasteiger partial charge in [0.2, 0.25) is 0 Å². The van der Waals surface area contributed by atoms with Crippen LogP contribution in [0.4, 0.5) is 0 Å². The number of allylic oxidation sites excluding steroid dienone is 2. The van der Waals surface area contributed by atoms with Crippen LogP contribution >= 0.6 is 0 Å². The Morgan fingerprint density at radius 1 is 1.40 bits per heavy atom. The Kier molecular flexibility index (Phi) is 2.35. The van der Waals surface area contributed by atoms with Crippen molar-refractivity contribution in [3.8, 4) is 5.75 Å². The second kappa shape index (κ2) is 3.54. The number of ketones is 1. The van der Waals surface area contributed by atoms with Gasteiger partial charge >= 0.3 is 0 Å². The predicted octanol–water partition coefficient (Wildman–Crippen LogP) is 2.48. The van der Waals surface area contributed by atoms with Crippen molar-refractivity contribution in [2.75, 3.05) is 7.11 Å². The molecule has 0 unspecified atom stereocenters. The van der Waals surface area contributed by atoms with Crippen molar-refractivity contribution in [3.63, 3.8) is 0 Å². The smallest absolute Gasteiger partial charge is 0.165 e. The summed E-state index contributed by atoms with van der Waals surface area (Å²) in [6.45, 7) is 1.98. The first-order valence-corrected chi connectivity index (χ1v) is 5.02. The minimum Gasteiger partial charge on any atom is -0.497 e. The highest BCUT2D eigenvalue weighted by Crippen LogP contribution is 2.35. The molecule has 0 heterocycles. The zero-order valence-electron chi connectivity index (χ0n) is 8.99. The fourth-order valence-electron chi connectivity index (χ4n) is 1.91. The second-order valence-electron chi connectivity index (χ2n) is 4.03. The molecule has 0 amide bonds. The van der Waals surface area contributed by atoms with Crippen molar-refractivity contribution < 1.29 is 9.53 Å². The standard InChI is InChI=1S/C13H14O2/c1-13(8-4-7-12(13)14)10-5-3-6-11(9-10)15-2/h3-7,9H,8H2,1-2H3/t13-/m1/s1.